The smallest absolute Gasteiger partial charge is 0.120 e. The first-order chi connectivity index (χ1) is 12.6. The first-order valence-electron chi connectivity index (χ1n) is 9.66. The number of hydrogen-bond donors (Lipinski definition) is 1. The molecular weight excluding hydrogens is 342 g/mol. The highest BCUT2D eigenvalue weighted by atomic mass is 16.3. The molecule has 0 aliphatic heterocycles. The summed E-state index contributed by atoms with van der Waals surface area (Å²) in [6.07, 6.45) is 0. The van der Waals surface area contributed by atoms with Crippen molar-refractivity contribution in [2.45, 2.75) is 61.0 Å². The van der Waals surface area contributed by atoms with Gasteiger partial charge in [0.1, 0.15) is 5.60 Å². The monoisotopic (exact) mass is 377 g/mol. The summed E-state index contributed by atoms with van der Waals surface area (Å²) in [5.41, 5.74) is 5.94. The van der Waals surface area contributed by atoms with Gasteiger partial charge in [0, 0.05) is 36.2 Å². The van der Waals surface area contributed by atoms with Gasteiger partial charge in [-0.1, -0.05) is 71.0 Å². The second-order valence-electron chi connectivity index (χ2n) is 9.88. The molecule has 0 atom stereocenters. The van der Waals surface area contributed by atoms with E-state index < -0.39 is 5.60 Å². The predicted octanol–water partition coefficient (Wildman–Crippen LogP) is 5.42. The maximum absolute atomic E-state index is 9.99. The molecule has 0 unspecified atom stereocenters. The summed E-state index contributed by atoms with van der Waals surface area (Å²) >= 11 is 0. The van der Waals surface area contributed by atoms with Crippen molar-refractivity contribution in [3.63, 3.8) is 0 Å². The molecule has 0 saturated heterocycles. The number of hydrogen-bond acceptors (Lipinski definition) is 2. The van der Waals surface area contributed by atoms with Gasteiger partial charge in [-0.2, -0.15) is 0 Å². The molecule has 0 heterocycles. The lowest BCUT2D eigenvalue weighted by Crippen LogP contribution is -2.16. The Bertz CT molecular complexity index is 865. The van der Waals surface area contributed by atoms with Crippen molar-refractivity contribution < 1.29 is 5.11 Å². The van der Waals surface area contributed by atoms with E-state index in [1.54, 1.807) is 13.8 Å². The Balaban J connectivity index is 3.55. The molecule has 2 nitrogen and oxygen atoms in total. The number of benzene rings is 1. The van der Waals surface area contributed by atoms with Crippen molar-refractivity contribution in [1.29, 1.82) is 0 Å². The van der Waals surface area contributed by atoms with Crippen molar-refractivity contribution in [2.24, 2.45) is 10.8 Å². The van der Waals surface area contributed by atoms with E-state index >= 15 is 0 Å². The zero-order valence-corrected chi connectivity index (χ0v) is 19.2. The van der Waals surface area contributed by atoms with Crippen LogP contribution in [-0.2, 0) is 0 Å². The van der Waals surface area contributed by atoms with Crippen molar-refractivity contribution in [3.05, 3.63) is 46.7 Å². The Hall–Kier alpha value is -2.38. The molecule has 1 N–H and O–H groups in total. The number of aliphatic hydroxyl groups is 1. The van der Waals surface area contributed by atoms with Crippen molar-refractivity contribution in [2.75, 3.05) is 19.0 Å². The standard InChI is InChI=1S/C26H35NO/c1-24(2,3)21(14-11-20-12-15-23(16-13-20)27(9)10)19-22(25(4,5)6)17-18-26(7,8)28/h12-13,15-16,28H,1-10H3. The van der Waals surface area contributed by atoms with Gasteiger partial charge in [-0.05, 0) is 38.1 Å². The van der Waals surface area contributed by atoms with Crippen molar-refractivity contribution in [1.82, 2.24) is 0 Å². The molecule has 150 valence electrons. The molecule has 1 aromatic carbocycles. The molecule has 0 saturated carbocycles. The van der Waals surface area contributed by atoms with Gasteiger partial charge in [-0.3, -0.25) is 0 Å². The molecule has 28 heavy (non-hydrogen) atoms. The third-order valence-corrected chi connectivity index (χ3v) is 3.96. The molecule has 1 rings (SSSR count). The fraction of sp³-hybridized carbons (Fsp3) is 0.500. The topological polar surface area (TPSA) is 23.5 Å². The van der Waals surface area contributed by atoms with E-state index in [0.717, 1.165) is 22.4 Å². The highest BCUT2D eigenvalue weighted by Crippen LogP contribution is 2.29. The average molecular weight is 378 g/mol. The van der Waals surface area contributed by atoms with Gasteiger partial charge >= 0.3 is 0 Å². The number of allylic oxidation sites excluding steroid dienone is 1. The van der Waals surface area contributed by atoms with Gasteiger partial charge < -0.3 is 10.0 Å². The SMILES string of the molecule is CN(C)c1ccc(C#CC(=C=C(C#CC(C)(C)O)C(C)(C)C)C(C)(C)C)cc1. The summed E-state index contributed by atoms with van der Waals surface area (Å²) in [5.74, 6) is 12.6. The van der Waals surface area contributed by atoms with Crippen molar-refractivity contribution >= 4 is 5.69 Å². The van der Waals surface area contributed by atoms with E-state index in [9.17, 15) is 5.11 Å². The lowest BCUT2D eigenvalue weighted by molar-refractivity contribution is 0.143. The minimum atomic E-state index is -1.04. The Kier molecular flexibility index (Phi) is 7.39. The summed E-state index contributed by atoms with van der Waals surface area (Å²) in [6.45, 7) is 16.1. The highest BCUT2D eigenvalue weighted by molar-refractivity contribution is 5.51. The lowest BCUT2D eigenvalue weighted by Gasteiger charge is -2.20. The van der Waals surface area contributed by atoms with E-state index in [1.165, 1.54) is 0 Å². The first-order valence-corrected chi connectivity index (χ1v) is 9.66. The molecular formula is C26H35NO. The second-order valence-corrected chi connectivity index (χ2v) is 9.88. The van der Waals surface area contributed by atoms with Crippen LogP contribution in [0.15, 0.2) is 41.1 Å². The Morgan fingerprint density at radius 1 is 0.786 bits per heavy atom. The summed E-state index contributed by atoms with van der Waals surface area (Å²) < 4.78 is 0. The molecule has 0 bridgehead atoms. The van der Waals surface area contributed by atoms with E-state index in [1.807, 2.05) is 26.2 Å². The molecule has 0 amide bonds. The molecule has 0 aromatic heterocycles. The van der Waals surface area contributed by atoms with Gasteiger partial charge in [-0.25, -0.2) is 0 Å². The van der Waals surface area contributed by atoms with Crippen LogP contribution < -0.4 is 4.90 Å². The highest BCUT2D eigenvalue weighted by Gasteiger charge is 2.20. The van der Waals surface area contributed by atoms with Gasteiger partial charge in [0.15, 0.2) is 0 Å². The van der Waals surface area contributed by atoms with E-state index in [-0.39, 0.29) is 10.8 Å². The summed E-state index contributed by atoms with van der Waals surface area (Å²) in [4.78, 5) is 2.07. The Morgan fingerprint density at radius 2 is 1.25 bits per heavy atom. The normalized spacial score (nSPS) is 11.4. The van der Waals surface area contributed by atoms with Gasteiger partial charge in [0.25, 0.3) is 0 Å². The van der Waals surface area contributed by atoms with E-state index in [4.69, 9.17) is 0 Å². The van der Waals surface area contributed by atoms with Crippen LogP contribution in [0.1, 0.15) is 61.0 Å². The van der Waals surface area contributed by atoms with Crippen LogP contribution in [0.5, 0.6) is 0 Å². The Morgan fingerprint density at radius 3 is 1.64 bits per heavy atom. The van der Waals surface area contributed by atoms with Gasteiger partial charge in [0.05, 0.1) is 11.1 Å². The molecule has 0 radical (unpaired) electrons. The van der Waals surface area contributed by atoms with Crippen LogP contribution in [-0.4, -0.2) is 24.8 Å². The van der Waals surface area contributed by atoms with E-state index in [2.05, 4.69) is 88.0 Å². The predicted molar refractivity (Wildman–Crippen MR) is 121 cm³/mol. The van der Waals surface area contributed by atoms with Gasteiger partial charge in [-0.15, -0.1) is 0 Å². The average Bonchev–Trinajstić information content (AvgIpc) is 2.51. The van der Waals surface area contributed by atoms with E-state index in [0.29, 0.717) is 0 Å². The minimum absolute atomic E-state index is 0.163. The van der Waals surface area contributed by atoms with Crippen molar-refractivity contribution in [3.8, 4) is 23.7 Å². The molecule has 0 aliphatic carbocycles. The molecule has 0 fully saturated rings. The zero-order chi connectivity index (χ0) is 21.8. The number of nitrogens with zero attached hydrogens (tertiary/aromatic N) is 1. The summed E-state index contributed by atoms with van der Waals surface area (Å²) in [5, 5.41) is 9.99. The quantitative estimate of drug-likeness (QED) is 0.521. The summed E-state index contributed by atoms with van der Waals surface area (Å²) in [6, 6.07) is 8.20. The largest absolute Gasteiger partial charge is 0.378 e. The first kappa shape index (κ1) is 23.7. The summed E-state index contributed by atoms with van der Waals surface area (Å²) in [7, 11) is 4.04. The molecule has 0 spiro atoms. The molecule has 2 heteroatoms. The third kappa shape index (κ3) is 8.10. The van der Waals surface area contributed by atoms with Crippen LogP contribution >= 0.6 is 0 Å². The lowest BCUT2D eigenvalue weighted by atomic mass is 9.82. The fourth-order valence-corrected chi connectivity index (χ4v) is 2.13. The number of anilines is 1. The van der Waals surface area contributed by atoms with Crippen LogP contribution in [0.2, 0.25) is 0 Å². The minimum Gasteiger partial charge on any atom is -0.378 e. The fourth-order valence-electron chi connectivity index (χ4n) is 2.13. The maximum Gasteiger partial charge on any atom is 0.120 e. The number of rotatable bonds is 1. The van der Waals surface area contributed by atoms with Gasteiger partial charge in [0.2, 0.25) is 0 Å². The van der Waals surface area contributed by atoms with Crippen LogP contribution in [0, 0.1) is 34.5 Å². The molecule has 1 aromatic rings. The second kappa shape index (κ2) is 8.75. The Labute approximate surface area is 172 Å². The maximum atomic E-state index is 9.99. The van der Waals surface area contributed by atoms with Crippen LogP contribution in [0.25, 0.3) is 0 Å². The third-order valence-electron chi connectivity index (χ3n) is 3.96. The van der Waals surface area contributed by atoms with Crippen LogP contribution in [0.3, 0.4) is 0 Å². The zero-order valence-electron chi connectivity index (χ0n) is 19.2. The van der Waals surface area contributed by atoms with Crippen LogP contribution in [0.4, 0.5) is 5.69 Å². The molecule has 0 aliphatic rings.